The monoisotopic (exact) mass is 276 g/mol. The van der Waals surface area contributed by atoms with E-state index in [-0.39, 0.29) is 0 Å². The highest BCUT2D eigenvalue weighted by atomic mass is 32.1. The van der Waals surface area contributed by atoms with Crippen LogP contribution >= 0.6 is 12.2 Å². The van der Waals surface area contributed by atoms with Crippen molar-refractivity contribution < 1.29 is 9.47 Å². The Labute approximate surface area is 118 Å². The van der Waals surface area contributed by atoms with Gasteiger partial charge in [-0.05, 0) is 38.2 Å². The molecule has 5 heteroatoms. The lowest BCUT2D eigenvalue weighted by molar-refractivity contribution is 0.309. The van der Waals surface area contributed by atoms with Crippen molar-refractivity contribution in [1.82, 2.24) is 9.78 Å². The van der Waals surface area contributed by atoms with Gasteiger partial charge in [-0.1, -0.05) is 18.2 Å². The van der Waals surface area contributed by atoms with Crippen LogP contribution in [0.25, 0.3) is 5.69 Å². The maximum absolute atomic E-state index is 5.66. The van der Waals surface area contributed by atoms with Crippen molar-refractivity contribution >= 4 is 17.3 Å². The van der Waals surface area contributed by atoms with E-state index in [1.54, 1.807) is 10.9 Å². The molecule has 0 radical (unpaired) electrons. The number of benzene rings is 1. The van der Waals surface area contributed by atoms with Crippen LogP contribution in [0.15, 0.2) is 36.5 Å². The van der Waals surface area contributed by atoms with Gasteiger partial charge in [0.15, 0.2) is 5.05 Å². The molecule has 0 spiro atoms. The maximum Gasteiger partial charge on any atom is 0.228 e. The van der Waals surface area contributed by atoms with Crippen molar-refractivity contribution in [3.63, 3.8) is 0 Å². The van der Waals surface area contributed by atoms with Gasteiger partial charge in [0.1, 0.15) is 5.56 Å². The smallest absolute Gasteiger partial charge is 0.228 e. The van der Waals surface area contributed by atoms with E-state index in [9.17, 15) is 0 Å². The summed E-state index contributed by atoms with van der Waals surface area (Å²) >= 11 is 5.23. The molecule has 0 amide bonds. The van der Waals surface area contributed by atoms with Gasteiger partial charge in [0.05, 0.1) is 25.1 Å². The van der Waals surface area contributed by atoms with Crippen LogP contribution in [0.3, 0.4) is 0 Å². The van der Waals surface area contributed by atoms with E-state index in [1.807, 2.05) is 44.2 Å². The predicted molar refractivity (Wildman–Crippen MR) is 78.1 cm³/mol. The lowest BCUT2D eigenvalue weighted by atomic mass is 10.3. The second kappa shape index (κ2) is 6.33. The van der Waals surface area contributed by atoms with E-state index in [0.29, 0.717) is 29.7 Å². The van der Waals surface area contributed by atoms with Gasteiger partial charge in [-0.15, -0.1) is 0 Å². The third-order valence-corrected chi connectivity index (χ3v) is 2.84. The quantitative estimate of drug-likeness (QED) is 0.787. The molecule has 0 saturated heterocycles. The van der Waals surface area contributed by atoms with E-state index in [1.165, 1.54) is 0 Å². The second-order valence-corrected chi connectivity index (χ2v) is 4.14. The molecule has 0 N–H and O–H groups in total. The number of hydrogen-bond acceptors (Lipinski definition) is 4. The number of thiocarbonyl (C=S) groups is 1. The molecule has 2 rings (SSSR count). The number of rotatable bonds is 5. The van der Waals surface area contributed by atoms with Gasteiger partial charge in [-0.2, -0.15) is 5.10 Å². The Bertz CT molecular complexity index is 552. The molecular formula is C14H16N2O2S. The first kappa shape index (κ1) is 13.5. The third kappa shape index (κ3) is 2.93. The molecule has 1 aromatic carbocycles. The Balaban J connectivity index is 2.43. The van der Waals surface area contributed by atoms with Crippen molar-refractivity contribution in [3.05, 3.63) is 42.1 Å². The average molecular weight is 276 g/mol. The summed E-state index contributed by atoms with van der Waals surface area (Å²) in [5.74, 6) is 0.618. The van der Waals surface area contributed by atoms with Crippen LogP contribution in [-0.4, -0.2) is 28.0 Å². The summed E-state index contributed by atoms with van der Waals surface area (Å²) in [5, 5.41) is 4.74. The van der Waals surface area contributed by atoms with E-state index >= 15 is 0 Å². The number of hydrogen-bond donors (Lipinski definition) is 0. The fraction of sp³-hybridized carbons (Fsp3) is 0.286. The molecule has 1 heterocycles. The highest BCUT2D eigenvalue weighted by Crippen LogP contribution is 2.23. The van der Waals surface area contributed by atoms with Crippen molar-refractivity contribution in [2.24, 2.45) is 0 Å². The first-order valence-corrected chi connectivity index (χ1v) is 6.62. The highest BCUT2D eigenvalue weighted by Gasteiger charge is 2.17. The van der Waals surface area contributed by atoms with Crippen LogP contribution in [0, 0.1) is 0 Å². The fourth-order valence-corrected chi connectivity index (χ4v) is 1.97. The van der Waals surface area contributed by atoms with E-state index in [4.69, 9.17) is 21.7 Å². The number of ether oxygens (including phenoxy) is 2. The molecule has 0 atom stereocenters. The molecule has 2 aromatic rings. The van der Waals surface area contributed by atoms with Crippen LogP contribution in [0.2, 0.25) is 0 Å². The Morgan fingerprint density at radius 1 is 1.21 bits per heavy atom. The topological polar surface area (TPSA) is 36.3 Å². The van der Waals surface area contributed by atoms with E-state index in [2.05, 4.69) is 5.10 Å². The van der Waals surface area contributed by atoms with Gasteiger partial charge in [0, 0.05) is 0 Å². The standard InChI is InChI=1S/C14H16N2O2S/c1-3-17-13-12(14(19)18-4-2)10-15-16(13)11-8-6-5-7-9-11/h5-10H,3-4H2,1-2H3. The van der Waals surface area contributed by atoms with Crippen LogP contribution in [-0.2, 0) is 4.74 Å². The van der Waals surface area contributed by atoms with Gasteiger partial charge in [-0.25, -0.2) is 4.68 Å². The lowest BCUT2D eigenvalue weighted by Gasteiger charge is -2.10. The molecule has 1 aromatic heterocycles. The minimum absolute atomic E-state index is 0.410. The molecule has 0 saturated carbocycles. The molecule has 4 nitrogen and oxygen atoms in total. The van der Waals surface area contributed by atoms with Crippen molar-refractivity contribution in [1.29, 1.82) is 0 Å². The minimum Gasteiger partial charge on any atom is -0.483 e. The molecule has 0 aliphatic rings. The molecular weight excluding hydrogens is 260 g/mol. The van der Waals surface area contributed by atoms with Gasteiger partial charge in [0.25, 0.3) is 0 Å². The number of nitrogens with zero attached hydrogens (tertiary/aromatic N) is 2. The highest BCUT2D eigenvalue weighted by molar-refractivity contribution is 7.80. The van der Waals surface area contributed by atoms with Crippen molar-refractivity contribution in [2.75, 3.05) is 13.2 Å². The normalized spacial score (nSPS) is 10.2. The minimum atomic E-state index is 0.410. The Morgan fingerprint density at radius 2 is 1.95 bits per heavy atom. The van der Waals surface area contributed by atoms with Gasteiger partial charge < -0.3 is 9.47 Å². The summed E-state index contributed by atoms with van der Waals surface area (Å²) in [5.41, 5.74) is 1.64. The molecule has 19 heavy (non-hydrogen) atoms. The summed E-state index contributed by atoms with van der Waals surface area (Å²) in [6.45, 7) is 4.89. The summed E-state index contributed by atoms with van der Waals surface area (Å²) in [6.07, 6.45) is 1.68. The summed E-state index contributed by atoms with van der Waals surface area (Å²) in [7, 11) is 0. The van der Waals surface area contributed by atoms with E-state index < -0.39 is 0 Å². The SMILES string of the molecule is CCOC(=S)c1cnn(-c2ccccc2)c1OCC. The zero-order valence-electron chi connectivity index (χ0n) is 11.0. The van der Waals surface area contributed by atoms with Crippen LogP contribution in [0.5, 0.6) is 5.88 Å². The lowest BCUT2D eigenvalue weighted by Crippen LogP contribution is -2.08. The van der Waals surface area contributed by atoms with Crippen LogP contribution < -0.4 is 4.74 Å². The molecule has 0 aliphatic carbocycles. The largest absolute Gasteiger partial charge is 0.483 e. The number of aromatic nitrogens is 2. The van der Waals surface area contributed by atoms with Crippen molar-refractivity contribution in [3.8, 4) is 11.6 Å². The van der Waals surface area contributed by atoms with Crippen LogP contribution in [0.4, 0.5) is 0 Å². The predicted octanol–water partition coefficient (Wildman–Crippen LogP) is 2.98. The average Bonchev–Trinajstić information content (AvgIpc) is 2.84. The summed E-state index contributed by atoms with van der Waals surface area (Å²) in [6, 6.07) is 9.78. The Morgan fingerprint density at radius 3 is 2.58 bits per heavy atom. The Kier molecular flexibility index (Phi) is 4.52. The zero-order chi connectivity index (χ0) is 13.7. The fourth-order valence-electron chi connectivity index (χ4n) is 1.71. The Hall–Kier alpha value is -1.88. The molecule has 0 aliphatic heterocycles. The summed E-state index contributed by atoms with van der Waals surface area (Å²) in [4.78, 5) is 0. The zero-order valence-corrected chi connectivity index (χ0v) is 11.8. The summed E-state index contributed by atoms with van der Waals surface area (Å²) < 4.78 is 12.8. The molecule has 0 bridgehead atoms. The first-order valence-electron chi connectivity index (χ1n) is 6.21. The molecule has 0 fully saturated rings. The second-order valence-electron chi connectivity index (χ2n) is 3.76. The van der Waals surface area contributed by atoms with Crippen LogP contribution in [0.1, 0.15) is 19.4 Å². The molecule has 0 unspecified atom stereocenters. The first-order chi connectivity index (χ1) is 9.27. The van der Waals surface area contributed by atoms with Gasteiger partial charge in [0.2, 0.25) is 5.88 Å². The maximum atomic E-state index is 5.66. The number of para-hydroxylation sites is 1. The third-order valence-electron chi connectivity index (χ3n) is 2.50. The molecule has 100 valence electrons. The van der Waals surface area contributed by atoms with Crippen molar-refractivity contribution in [2.45, 2.75) is 13.8 Å². The van der Waals surface area contributed by atoms with Gasteiger partial charge >= 0.3 is 0 Å². The van der Waals surface area contributed by atoms with Gasteiger partial charge in [-0.3, -0.25) is 0 Å². The van der Waals surface area contributed by atoms with E-state index in [0.717, 1.165) is 5.69 Å².